The first kappa shape index (κ1) is 43.7. The molecule has 0 saturated carbocycles. The maximum absolute atomic E-state index is 6.78. The van der Waals surface area contributed by atoms with Gasteiger partial charge in [-0.2, -0.15) is 0 Å². The molecule has 6 heteroatoms. The zero-order valence-corrected chi connectivity index (χ0v) is 41.2. The van der Waals surface area contributed by atoms with Gasteiger partial charge in [-0.05, 0) is 115 Å². The molecule has 0 radical (unpaired) electrons. The monoisotopic (exact) mass is 974 g/mol. The van der Waals surface area contributed by atoms with Crippen LogP contribution in [0.1, 0.15) is 101 Å². The Kier molecular flexibility index (Phi) is 10.8. The van der Waals surface area contributed by atoms with Crippen LogP contribution in [0, 0.1) is 12.1 Å². The molecule has 68 heavy (non-hydrogen) atoms. The molecule has 0 amide bonds. The molecule has 0 bridgehead atoms. The van der Waals surface area contributed by atoms with Gasteiger partial charge in [0, 0.05) is 22.5 Å². The minimum atomic E-state index is 0. The second kappa shape index (κ2) is 16.7. The Morgan fingerprint density at radius 2 is 0.765 bits per heavy atom. The Morgan fingerprint density at radius 1 is 0.397 bits per heavy atom. The summed E-state index contributed by atoms with van der Waals surface area (Å²) in [6.45, 7) is 18.3. The number of nitrogens with zero attached hydrogens (tertiary/aromatic N) is 4. The summed E-state index contributed by atoms with van der Waals surface area (Å²) in [6.07, 6.45) is 0. The maximum Gasteiger partial charge on any atom is 2.00 e. The van der Waals surface area contributed by atoms with Crippen LogP contribution in [0.15, 0.2) is 146 Å². The third kappa shape index (κ3) is 6.83. The van der Waals surface area contributed by atoms with Gasteiger partial charge in [-0.25, -0.2) is 0 Å². The molecule has 5 nitrogen and oxygen atoms in total. The van der Waals surface area contributed by atoms with Crippen molar-refractivity contribution in [1.82, 2.24) is 18.8 Å². The quantitative estimate of drug-likeness (QED) is 0.0866. The van der Waals surface area contributed by atoms with E-state index in [9.17, 15) is 0 Å². The van der Waals surface area contributed by atoms with Gasteiger partial charge >= 0.3 is 20.4 Å². The Balaban J connectivity index is 0.00000507. The molecule has 4 aromatic heterocycles. The van der Waals surface area contributed by atoms with Crippen molar-refractivity contribution in [3.63, 3.8) is 0 Å². The van der Waals surface area contributed by atoms with Crippen molar-refractivity contribution in [2.24, 2.45) is 0 Å². The molecule has 0 fully saturated rings. The van der Waals surface area contributed by atoms with E-state index in [1.54, 1.807) is 0 Å². The van der Waals surface area contributed by atoms with Crippen LogP contribution in [0.25, 0.3) is 99.0 Å². The molecule has 0 atom stereocenters. The van der Waals surface area contributed by atoms with Crippen LogP contribution >= 0.6 is 0 Å². The fourth-order valence-corrected chi connectivity index (χ4v) is 10.8. The van der Waals surface area contributed by atoms with E-state index in [1.807, 2.05) is 12.1 Å². The summed E-state index contributed by atoms with van der Waals surface area (Å²) < 4.78 is 11.4. The van der Waals surface area contributed by atoms with Gasteiger partial charge < -0.3 is 13.5 Å². The first-order valence-electron chi connectivity index (χ1n) is 23.9. The first-order valence-corrected chi connectivity index (χ1v) is 23.9. The van der Waals surface area contributed by atoms with Crippen molar-refractivity contribution >= 4 is 76.7 Å². The number of benzene rings is 8. The summed E-state index contributed by atoms with van der Waals surface area (Å²) in [7, 11) is 0. The van der Waals surface area contributed by atoms with E-state index in [0.29, 0.717) is 35.2 Å². The molecular weight excluding hydrogens is 923 g/mol. The predicted molar refractivity (Wildman–Crippen MR) is 280 cm³/mol. The molecule has 0 spiro atoms. The van der Waals surface area contributed by atoms with Crippen LogP contribution in [-0.2, 0) is 20.4 Å². The van der Waals surface area contributed by atoms with Crippen molar-refractivity contribution in [3.05, 3.63) is 180 Å². The standard InChI is InChI=1S/C62H52N4O.Pd/c1-35(2)43-15-13-16-44(36(3)4)59(43)39-23-27-49-47-29-25-41(33-51(47)61-63-53-19-9-11-21-55(53)65(61)57(49)31-39)67-42-26-30-48-50-28-24-40(60-45(37(5)6)17-14-18-46(60)38(7)8)32-58(50)66-56-22-12-10-20-54(56)64-62(66)52(48)34-42;/h9-32,35-38H,1-8H3;/q-2;+2. The van der Waals surface area contributed by atoms with Crippen LogP contribution in [0.3, 0.4) is 0 Å². The molecule has 0 N–H and O–H groups in total. The number of aromatic nitrogens is 4. The van der Waals surface area contributed by atoms with Crippen LogP contribution in [-0.4, -0.2) is 18.8 Å². The number of hydrogen-bond acceptors (Lipinski definition) is 3. The SMILES string of the molecule is CC(C)c1cccc(C(C)C)c1-c1ccc2c3ccc(Oc4[c-]c5c(cc4)c4ccc(-c6c(C(C)C)cccc6C(C)C)cc4n4c6ccccc6nc54)[c-]c3c3nc4ccccc4n3c2c1.[Pd+2]. The number of fused-ring (bicyclic) bond motifs is 16. The minimum Gasteiger partial charge on any atom is -0.497 e. The molecule has 0 aliphatic heterocycles. The molecule has 0 saturated heterocycles. The summed E-state index contributed by atoms with van der Waals surface area (Å²) in [6, 6.07) is 60.1. The zero-order chi connectivity index (χ0) is 45.8. The van der Waals surface area contributed by atoms with Gasteiger partial charge in [-0.3, -0.25) is 9.97 Å². The summed E-state index contributed by atoms with van der Waals surface area (Å²) >= 11 is 0. The zero-order valence-electron chi connectivity index (χ0n) is 39.7. The average Bonchev–Trinajstić information content (AvgIpc) is 3.93. The topological polar surface area (TPSA) is 43.8 Å². The van der Waals surface area contributed by atoms with Crippen LogP contribution in [0.5, 0.6) is 11.5 Å². The number of rotatable bonds is 8. The molecule has 12 rings (SSSR count). The smallest absolute Gasteiger partial charge is 0.497 e. The van der Waals surface area contributed by atoms with E-state index >= 15 is 0 Å². The number of pyridine rings is 2. The van der Waals surface area contributed by atoms with Crippen LogP contribution in [0.2, 0.25) is 0 Å². The summed E-state index contributed by atoms with van der Waals surface area (Å²) in [5.41, 5.74) is 18.5. The Hall–Kier alpha value is -6.84. The van der Waals surface area contributed by atoms with Gasteiger partial charge in [-0.1, -0.05) is 186 Å². The van der Waals surface area contributed by atoms with E-state index in [2.05, 4.69) is 210 Å². The number of para-hydroxylation sites is 4. The number of ether oxygens (including phenoxy) is 1. The van der Waals surface area contributed by atoms with E-state index in [0.717, 1.165) is 76.7 Å². The molecular formula is C62H52N4OPd. The van der Waals surface area contributed by atoms with E-state index in [4.69, 9.17) is 14.7 Å². The van der Waals surface area contributed by atoms with E-state index in [-0.39, 0.29) is 20.4 Å². The molecule has 0 aliphatic rings. The Labute approximate surface area is 411 Å². The second-order valence-electron chi connectivity index (χ2n) is 19.5. The van der Waals surface area contributed by atoms with Crippen LogP contribution in [0.4, 0.5) is 0 Å². The fourth-order valence-electron chi connectivity index (χ4n) is 10.8. The van der Waals surface area contributed by atoms with E-state index < -0.39 is 0 Å². The number of hydrogen-bond donors (Lipinski definition) is 0. The average molecular weight is 976 g/mol. The van der Waals surface area contributed by atoms with Crippen molar-refractivity contribution < 1.29 is 25.2 Å². The third-order valence-corrected chi connectivity index (χ3v) is 14.0. The first-order chi connectivity index (χ1) is 32.5. The molecule has 8 aromatic carbocycles. The molecule has 0 aliphatic carbocycles. The molecule has 12 aromatic rings. The van der Waals surface area contributed by atoms with Gasteiger partial charge in [0.2, 0.25) is 0 Å². The van der Waals surface area contributed by atoms with Crippen molar-refractivity contribution in [3.8, 4) is 33.8 Å². The van der Waals surface area contributed by atoms with Crippen molar-refractivity contribution in [2.45, 2.75) is 79.1 Å². The molecule has 336 valence electrons. The number of imidazole rings is 2. The maximum atomic E-state index is 6.78. The van der Waals surface area contributed by atoms with E-state index in [1.165, 1.54) is 44.5 Å². The molecule has 0 unspecified atom stereocenters. The Morgan fingerprint density at radius 3 is 1.15 bits per heavy atom. The van der Waals surface area contributed by atoms with Gasteiger partial charge in [0.05, 0.1) is 33.4 Å². The summed E-state index contributed by atoms with van der Waals surface area (Å²) in [5, 5.41) is 6.24. The van der Waals surface area contributed by atoms with Crippen molar-refractivity contribution in [2.75, 3.05) is 0 Å². The van der Waals surface area contributed by atoms with Crippen LogP contribution < -0.4 is 4.74 Å². The van der Waals surface area contributed by atoms with Gasteiger partial charge in [0.1, 0.15) is 0 Å². The normalized spacial score (nSPS) is 12.2. The predicted octanol–water partition coefficient (Wildman–Crippen LogP) is 17.1. The summed E-state index contributed by atoms with van der Waals surface area (Å²) in [4.78, 5) is 10.5. The fraction of sp³-hybridized carbons (Fsp3) is 0.194. The second-order valence-corrected chi connectivity index (χ2v) is 19.5. The molecule has 4 heterocycles. The third-order valence-electron chi connectivity index (χ3n) is 14.0. The van der Waals surface area contributed by atoms with Gasteiger partial charge in [0.25, 0.3) is 0 Å². The van der Waals surface area contributed by atoms with Gasteiger partial charge in [0.15, 0.2) is 0 Å². The minimum absolute atomic E-state index is 0. The van der Waals surface area contributed by atoms with Crippen molar-refractivity contribution in [1.29, 1.82) is 0 Å². The summed E-state index contributed by atoms with van der Waals surface area (Å²) in [5.74, 6) is 2.74. The Bertz CT molecular complexity index is 3670. The van der Waals surface area contributed by atoms with Gasteiger partial charge in [-0.15, -0.1) is 12.1 Å². The largest absolute Gasteiger partial charge is 2.00 e.